The van der Waals surface area contributed by atoms with Crippen LogP contribution in [0.2, 0.25) is 0 Å². The number of thioether (sulfide) groups is 1. The summed E-state index contributed by atoms with van der Waals surface area (Å²) >= 11 is 1.79. The monoisotopic (exact) mass is 930 g/mol. The Labute approximate surface area is 392 Å². The van der Waals surface area contributed by atoms with E-state index in [1.807, 2.05) is 62.2 Å². The van der Waals surface area contributed by atoms with Crippen LogP contribution >= 0.6 is 11.8 Å². The van der Waals surface area contributed by atoms with Gasteiger partial charge in [-0.2, -0.15) is 24.9 Å². The molecular formula is C51H65F3N6O5S. The molecule has 0 saturated carbocycles. The number of morpholine rings is 1. The molecule has 11 nitrogen and oxygen atoms in total. The van der Waals surface area contributed by atoms with Crippen molar-refractivity contribution < 1.29 is 37.0 Å². The van der Waals surface area contributed by atoms with Gasteiger partial charge < -0.3 is 29.9 Å². The van der Waals surface area contributed by atoms with E-state index in [1.165, 1.54) is 18.3 Å². The van der Waals surface area contributed by atoms with Crippen molar-refractivity contribution >= 4 is 40.9 Å². The van der Waals surface area contributed by atoms with Crippen molar-refractivity contribution in [3.8, 4) is 11.3 Å². The van der Waals surface area contributed by atoms with Crippen molar-refractivity contribution in [1.82, 2.24) is 20.1 Å². The zero-order chi connectivity index (χ0) is 47.3. The third-order valence-electron chi connectivity index (χ3n) is 12.2. The van der Waals surface area contributed by atoms with Gasteiger partial charge in [0, 0.05) is 105 Å². The molecule has 3 amide bonds. The van der Waals surface area contributed by atoms with Gasteiger partial charge in [-0.1, -0.05) is 38.1 Å². The van der Waals surface area contributed by atoms with Gasteiger partial charge in [-0.25, -0.2) is 0 Å². The second-order valence-corrected chi connectivity index (χ2v) is 20.1. The van der Waals surface area contributed by atoms with E-state index in [2.05, 4.69) is 39.3 Å². The molecule has 2 aliphatic rings. The number of carbonyl (C=O) groups is 3. The minimum Gasteiger partial charge on any atom is -0.379 e. The molecule has 0 unspecified atom stereocenters. The van der Waals surface area contributed by atoms with Crippen LogP contribution in [-0.4, -0.2) is 109 Å². The number of anilines is 2. The molecule has 2 fully saturated rings. The number of ether oxygens (including phenoxy) is 2. The lowest BCUT2D eigenvalue weighted by Gasteiger charge is -2.30. The molecular weight excluding hydrogens is 866 g/mol. The normalized spacial score (nSPS) is 15.1. The first-order chi connectivity index (χ1) is 31.4. The lowest BCUT2D eigenvalue weighted by atomic mass is 10.0. The van der Waals surface area contributed by atoms with E-state index in [4.69, 9.17) is 9.47 Å². The van der Waals surface area contributed by atoms with E-state index in [1.54, 1.807) is 30.0 Å². The van der Waals surface area contributed by atoms with Crippen LogP contribution < -0.4 is 15.5 Å². The summed E-state index contributed by atoms with van der Waals surface area (Å²) in [4.78, 5) is 51.2. The van der Waals surface area contributed by atoms with Crippen molar-refractivity contribution in [1.29, 1.82) is 0 Å². The van der Waals surface area contributed by atoms with Gasteiger partial charge in [-0.05, 0) is 112 Å². The van der Waals surface area contributed by atoms with Gasteiger partial charge in [0.25, 0.3) is 11.8 Å². The number of hydrogen-bond acceptors (Lipinski definition) is 9. The fraction of sp³-hybridized carbons (Fsp3) is 0.490. The number of hydrogen-bond donors (Lipinski definition) is 2. The number of likely N-dealkylation sites (N-methyl/N-ethyl adjacent to an activating group) is 1. The molecule has 3 aromatic carbocycles. The molecule has 6 rings (SSSR count). The molecule has 1 aromatic heterocycles. The van der Waals surface area contributed by atoms with Crippen LogP contribution in [0.5, 0.6) is 0 Å². The Kier molecular flexibility index (Phi) is 17.7. The molecule has 2 saturated heterocycles. The number of benzene rings is 3. The van der Waals surface area contributed by atoms with Gasteiger partial charge in [0.1, 0.15) is 0 Å². The summed E-state index contributed by atoms with van der Waals surface area (Å²) in [5.74, 6) is 0.0532. The van der Waals surface area contributed by atoms with E-state index in [0.717, 1.165) is 95.0 Å². The first-order valence-corrected chi connectivity index (χ1v) is 24.0. The van der Waals surface area contributed by atoms with Gasteiger partial charge in [-0.15, -0.1) is 0 Å². The Morgan fingerprint density at radius 1 is 0.833 bits per heavy atom. The maximum absolute atomic E-state index is 14.0. The molecule has 0 spiro atoms. The number of piperidine rings is 1. The summed E-state index contributed by atoms with van der Waals surface area (Å²) in [6.45, 7) is 15.6. The van der Waals surface area contributed by atoms with Gasteiger partial charge in [-0.3, -0.25) is 24.3 Å². The molecule has 4 aromatic rings. The second-order valence-electron chi connectivity index (χ2n) is 18.4. The molecule has 15 heteroatoms. The average Bonchev–Trinajstić information content (AvgIpc) is 3.31. The highest BCUT2D eigenvalue weighted by atomic mass is 32.2. The Balaban J connectivity index is 1.05. The lowest BCUT2D eigenvalue weighted by molar-refractivity contribution is -0.137. The van der Waals surface area contributed by atoms with Crippen LogP contribution in [0.25, 0.3) is 11.3 Å². The van der Waals surface area contributed by atoms with E-state index < -0.39 is 23.2 Å². The maximum atomic E-state index is 14.0. The van der Waals surface area contributed by atoms with Gasteiger partial charge in [0.05, 0.1) is 35.8 Å². The number of rotatable bonds is 20. The number of nitrogens with zero attached hydrogens (tertiary/aromatic N) is 4. The molecule has 0 bridgehead atoms. The fourth-order valence-corrected chi connectivity index (χ4v) is 8.86. The van der Waals surface area contributed by atoms with Crippen molar-refractivity contribution in [2.24, 2.45) is 0 Å². The summed E-state index contributed by atoms with van der Waals surface area (Å²) in [7, 11) is 1.87. The smallest absolute Gasteiger partial charge is 0.379 e. The van der Waals surface area contributed by atoms with Crippen molar-refractivity contribution in [2.45, 2.75) is 95.0 Å². The second kappa shape index (κ2) is 23.2. The minimum atomic E-state index is -4.49. The molecule has 2 N–H and O–H groups in total. The first kappa shape index (κ1) is 50.5. The van der Waals surface area contributed by atoms with E-state index in [-0.39, 0.29) is 28.7 Å². The molecule has 356 valence electrons. The zero-order valence-electron chi connectivity index (χ0n) is 39.0. The highest BCUT2D eigenvalue weighted by molar-refractivity contribution is 7.99. The third kappa shape index (κ3) is 15.3. The highest BCUT2D eigenvalue weighted by Crippen LogP contribution is 2.35. The van der Waals surface area contributed by atoms with Crippen LogP contribution in [0, 0.1) is 0 Å². The van der Waals surface area contributed by atoms with E-state index >= 15 is 0 Å². The summed E-state index contributed by atoms with van der Waals surface area (Å²) in [5, 5.41) is 5.84. The minimum absolute atomic E-state index is 0.0898. The summed E-state index contributed by atoms with van der Waals surface area (Å²) in [6.07, 6.45) is 2.20. The topological polar surface area (TPSA) is 116 Å². The SMILES string of the molecule is CN(CCN1CCOCC1)C(=O)CCC(C)(C)OCCC(C)(C)SCc1cccc(C(=O)Nc2ccc(N3CCCCC3)cc2-c2cc(C(=O)NCc3cccc(C(F)(F)F)c3)ccn2)c1. The first-order valence-electron chi connectivity index (χ1n) is 23.0. The van der Waals surface area contributed by atoms with Crippen LogP contribution in [0.4, 0.5) is 24.5 Å². The fourth-order valence-electron chi connectivity index (χ4n) is 7.90. The number of nitrogens with one attached hydrogen (secondary N) is 2. The highest BCUT2D eigenvalue weighted by Gasteiger charge is 2.30. The van der Waals surface area contributed by atoms with Crippen LogP contribution in [-0.2, 0) is 32.7 Å². The zero-order valence-corrected chi connectivity index (χ0v) is 39.8. The number of carbonyl (C=O) groups excluding carboxylic acids is 3. The van der Waals surface area contributed by atoms with Gasteiger partial charge in [0.2, 0.25) is 5.91 Å². The summed E-state index contributed by atoms with van der Waals surface area (Å²) in [6, 6.07) is 21.5. The number of halogens is 3. The molecule has 3 heterocycles. The lowest BCUT2D eigenvalue weighted by Crippen LogP contribution is -2.42. The number of pyridine rings is 1. The summed E-state index contributed by atoms with van der Waals surface area (Å²) in [5.41, 5.74) is 3.49. The number of aromatic nitrogens is 1. The van der Waals surface area contributed by atoms with Crippen LogP contribution in [0.1, 0.15) is 104 Å². The predicted octanol–water partition coefficient (Wildman–Crippen LogP) is 9.71. The summed E-state index contributed by atoms with van der Waals surface area (Å²) < 4.78 is 51.5. The average molecular weight is 931 g/mol. The Hall–Kier alpha value is -4.96. The van der Waals surface area contributed by atoms with Crippen molar-refractivity contribution in [2.75, 3.05) is 76.4 Å². The van der Waals surface area contributed by atoms with E-state index in [0.29, 0.717) is 59.8 Å². The molecule has 2 aliphatic heterocycles. The molecule has 0 atom stereocenters. The molecule has 0 radical (unpaired) electrons. The molecule has 0 aliphatic carbocycles. The Bertz CT molecular complexity index is 2260. The van der Waals surface area contributed by atoms with Gasteiger partial charge >= 0.3 is 6.18 Å². The van der Waals surface area contributed by atoms with Crippen molar-refractivity contribution in [3.05, 3.63) is 113 Å². The Morgan fingerprint density at radius 2 is 1.56 bits per heavy atom. The van der Waals surface area contributed by atoms with Crippen LogP contribution in [0.15, 0.2) is 85.1 Å². The van der Waals surface area contributed by atoms with E-state index in [9.17, 15) is 27.6 Å². The number of alkyl halides is 3. The quantitative estimate of drug-likeness (QED) is 0.0894. The molecule has 66 heavy (non-hydrogen) atoms. The van der Waals surface area contributed by atoms with Gasteiger partial charge in [0.15, 0.2) is 0 Å². The van der Waals surface area contributed by atoms with Crippen molar-refractivity contribution in [3.63, 3.8) is 0 Å². The standard InChI is InChI=1S/C51H65F3N6O5S/c1-49(2,19-17-46(61)58(5)24-25-59-26-29-64-30-27-59)65-28-20-50(3,4)66-36-38-12-9-13-39(31-38)48(63)57-44-16-15-42(60-22-7-6-8-23-60)34-43(44)45-33-40(18-21-55-45)47(62)56-35-37-11-10-14-41(32-37)51(52,53)54/h9-16,18,21,31-34H,6-8,17,19-20,22-30,35-36H2,1-5H3,(H,56,62)(H,57,63). The number of amides is 3. The maximum Gasteiger partial charge on any atom is 0.416 e. The largest absolute Gasteiger partial charge is 0.416 e. The predicted molar refractivity (Wildman–Crippen MR) is 257 cm³/mol. The van der Waals surface area contributed by atoms with Crippen LogP contribution in [0.3, 0.4) is 0 Å². The Morgan fingerprint density at radius 3 is 2.32 bits per heavy atom. The third-order valence-corrected chi connectivity index (χ3v) is 13.7.